The fourth-order valence-corrected chi connectivity index (χ4v) is 1.32. The molecule has 1 aromatic heterocycles. The minimum atomic E-state index is -0.259. The van der Waals surface area contributed by atoms with E-state index in [1.807, 2.05) is 24.3 Å². The van der Waals surface area contributed by atoms with E-state index in [-0.39, 0.29) is 18.3 Å². The Labute approximate surface area is 105 Å². The zero-order chi connectivity index (χ0) is 11.4. The van der Waals surface area contributed by atoms with E-state index in [9.17, 15) is 4.79 Å². The normalized spacial score (nSPS) is 9.47. The van der Waals surface area contributed by atoms with Gasteiger partial charge in [-0.2, -0.15) is 0 Å². The Bertz CT molecular complexity index is 466. The van der Waals surface area contributed by atoms with Crippen LogP contribution in [0.3, 0.4) is 0 Å². The van der Waals surface area contributed by atoms with Gasteiger partial charge in [-0.3, -0.25) is 4.79 Å². The molecule has 2 aromatic rings. The zero-order valence-electron chi connectivity index (χ0n) is 9.05. The lowest BCUT2D eigenvalue weighted by molar-refractivity contribution is 0.0996. The number of hydrogen-bond acceptors (Lipinski definition) is 3. The average Bonchev–Trinajstić information content (AvgIpc) is 2.83. The van der Waals surface area contributed by atoms with Gasteiger partial charge in [-0.05, 0) is 29.8 Å². The van der Waals surface area contributed by atoms with Crippen LogP contribution in [0.5, 0.6) is 0 Å². The Balaban J connectivity index is 0.00000144. The lowest BCUT2D eigenvalue weighted by Gasteiger charge is -2.03. The molecule has 1 amide bonds. The first kappa shape index (κ1) is 13.3. The Kier molecular flexibility index (Phi) is 4.75. The van der Waals surface area contributed by atoms with Gasteiger partial charge in [0.05, 0.1) is 6.26 Å². The van der Waals surface area contributed by atoms with E-state index in [1.54, 1.807) is 12.1 Å². The SMILES string of the molecule is Cl.NCc1ccc(NC(=O)c2ccco2)cc1. The quantitative estimate of drug-likeness (QED) is 0.881. The van der Waals surface area contributed by atoms with E-state index in [0.29, 0.717) is 12.3 Å². The topological polar surface area (TPSA) is 68.3 Å². The smallest absolute Gasteiger partial charge is 0.291 e. The van der Waals surface area contributed by atoms with Crippen molar-refractivity contribution in [2.24, 2.45) is 5.73 Å². The van der Waals surface area contributed by atoms with Crippen LogP contribution in [-0.4, -0.2) is 5.91 Å². The van der Waals surface area contributed by atoms with Crippen molar-refractivity contribution >= 4 is 24.0 Å². The van der Waals surface area contributed by atoms with Crippen LogP contribution in [0.1, 0.15) is 16.1 Å². The Morgan fingerprint density at radius 3 is 2.47 bits per heavy atom. The van der Waals surface area contributed by atoms with Crippen LogP contribution < -0.4 is 11.1 Å². The predicted molar refractivity (Wildman–Crippen MR) is 68.2 cm³/mol. The lowest BCUT2D eigenvalue weighted by atomic mass is 10.2. The van der Waals surface area contributed by atoms with Gasteiger partial charge in [0.2, 0.25) is 0 Å². The van der Waals surface area contributed by atoms with E-state index < -0.39 is 0 Å². The summed E-state index contributed by atoms with van der Waals surface area (Å²) >= 11 is 0. The van der Waals surface area contributed by atoms with Gasteiger partial charge in [-0.25, -0.2) is 0 Å². The molecule has 5 heteroatoms. The molecule has 0 saturated heterocycles. The van der Waals surface area contributed by atoms with Gasteiger partial charge >= 0.3 is 0 Å². The largest absolute Gasteiger partial charge is 0.459 e. The lowest BCUT2D eigenvalue weighted by Crippen LogP contribution is -2.10. The number of furan rings is 1. The van der Waals surface area contributed by atoms with Gasteiger partial charge in [0.25, 0.3) is 5.91 Å². The Morgan fingerprint density at radius 1 is 1.24 bits per heavy atom. The molecule has 0 saturated carbocycles. The molecule has 4 nitrogen and oxygen atoms in total. The molecule has 0 aliphatic carbocycles. The molecule has 0 radical (unpaired) electrons. The Morgan fingerprint density at radius 2 is 1.94 bits per heavy atom. The predicted octanol–water partition coefficient (Wildman–Crippen LogP) is 2.41. The second-order valence-corrected chi connectivity index (χ2v) is 3.33. The molecule has 0 aliphatic rings. The number of benzene rings is 1. The number of amides is 1. The van der Waals surface area contributed by atoms with E-state index in [4.69, 9.17) is 10.2 Å². The van der Waals surface area contributed by atoms with Crippen molar-refractivity contribution in [1.82, 2.24) is 0 Å². The summed E-state index contributed by atoms with van der Waals surface area (Å²) in [5.74, 6) is 0.0356. The van der Waals surface area contributed by atoms with E-state index in [2.05, 4.69) is 5.32 Å². The van der Waals surface area contributed by atoms with Crippen molar-refractivity contribution in [2.45, 2.75) is 6.54 Å². The summed E-state index contributed by atoms with van der Waals surface area (Å²) in [6, 6.07) is 10.7. The summed E-state index contributed by atoms with van der Waals surface area (Å²) in [7, 11) is 0. The molecule has 1 aromatic carbocycles. The van der Waals surface area contributed by atoms with Crippen LogP contribution in [0.4, 0.5) is 5.69 Å². The molecule has 0 bridgehead atoms. The maximum atomic E-state index is 11.6. The van der Waals surface area contributed by atoms with Gasteiger partial charge in [-0.15, -0.1) is 12.4 Å². The minimum absolute atomic E-state index is 0. The van der Waals surface area contributed by atoms with Crippen LogP contribution in [0, 0.1) is 0 Å². The van der Waals surface area contributed by atoms with Gasteiger partial charge in [0.15, 0.2) is 5.76 Å². The standard InChI is InChI=1S/C12H12N2O2.ClH/c13-8-9-3-5-10(6-4-9)14-12(15)11-2-1-7-16-11;/h1-7H,8,13H2,(H,14,15);1H. The van der Waals surface area contributed by atoms with Crippen LogP contribution in [-0.2, 0) is 6.54 Å². The number of anilines is 1. The molecule has 2 rings (SSSR count). The molecule has 90 valence electrons. The summed E-state index contributed by atoms with van der Waals surface area (Å²) < 4.78 is 4.98. The maximum Gasteiger partial charge on any atom is 0.291 e. The first-order chi connectivity index (χ1) is 7.79. The number of nitrogens with two attached hydrogens (primary N) is 1. The first-order valence-electron chi connectivity index (χ1n) is 4.93. The molecule has 1 heterocycles. The number of rotatable bonds is 3. The highest BCUT2D eigenvalue weighted by molar-refractivity contribution is 6.02. The van der Waals surface area contributed by atoms with Crippen LogP contribution in [0.2, 0.25) is 0 Å². The summed E-state index contributed by atoms with van der Waals surface area (Å²) in [4.78, 5) is 11.6. The number of halogens is 1. The van der Waals surface area contributed by atoms with E-state index in [0.717, 1.165) is 11.3 Å². The van der Waals surface area contributed by atoms with Crippen LogP contribution in [0.15, 0.2) is 47.1 Å². The van der Waals surface area contributed by atoms with E-state index >= 15 is 0 Å². The molecule has 0 unspecified atom stereocenters. The van der Waals surface area contributed by atoms with Crippen molar-refractivity contribution in [3.05, 3.63) is 54.0 Å². The summed E-state index contributed by atoms with van der Waals surface area (Å²) in [5.41, 5.74) is 7.22. The summed E-state index contributed by atoms with van der Waals surface area (Å²) in [5, 5.41) is 2.72. The molecule has 0 spiro atoms. The molecule has 3 N–H and O–H groups in total. The first-order valence-corrected chi connectivity index (χ1v) is 4.93. The van der Waals surface area contributed by atoms with Gasteiger partial charge < -0.3 is 15.5 Å². The molecule has 0 aliphatic heterocycles. The molecule has 17 heavy (non-hydrogen) atoms. The second kappa shape index (κ2) is 6.08. The highest BCUT2D eigenvalue weighted by Crippen LogP contribution is 2.11. The summed E-state index contributed by atoms with van der Waals surface area (Å²) in [6.07, 6.45) is 1.46. The monoisotopic (exact) mass is 252 g/mol. The Hall–Kier alpha value is -1.78. The fraction of sp³-hybridized carbons (Fsp3) is 0.0833. The van der Waals surface area contributed by atoms with Gasteiger partial charge in [-0.1, -0.05) is 12.1 Å². The highest BCUT2D eigenvalue weighted by Gasteiger charge is 2.07. The van der Waals surface area contributed by atoms with Crippen molar-refractivity contribution in [3.63, 3.8) is 0 Å². The maximum absolute atomic E-state index is 11.6. The average molecular weight is 253 g/mol. The highest BCUT2D eigenvalue weighted by atomic mass is 35.5. The van der Waals surface area contributed by atoms with Crippen molar-refractivity contribution in [3.8, 4) is 0 Å². The molecular formula is C12H13ClN2O2. The number of nitrogens with one attached hydrogen (secondary N) is 1. The molecular weight excluding hydrogens is 240 g/mol. The van der Waals surface area contributed by atoms with Crippen LogP contribution in [0.25, 0.3) is 0 Å². The van der Waals surface area contributed by atoms with Crippen molar-refractivity contribution < 1.29 is 9.21 Å². The number of carbonyl (C=O) groups excluding carboxylic acids is 1. The third-order valence-corrected chi connectivity index (χ3v) is 2.19. The summed E-state index contributed by atoms with van der Waals surface area (Å²) in [6.45, 7) is 0.492. The zero-order valence-corrected chi connectivity index (χ0v) is 9.87. The van der Waals surface area contributed by atoms with E-state index in [1.165, 1.54) is 6.26 Å². The third-order valence-electron chi connectivity index (χ3n) is 2.19. The van der Waals surface area contributed by atoms with Gasteiger partial charge in [0.1, 0.15) is 0 Å². The molecule has 0 fully saturated rings. The third kappa shape index (κ3) is 3.34. The van der Waals surface area contributed by atoms with Gasteiger partial charge in [0, 0.05) is 12.2 Å². The van der Waals surface area contributed by atoms with Crippen LogP contribution >= 0.6 is 12.4 Å². The number of carbonyl (C=O) groups is 1. The second-order valence-electron chi connectivity index (χ2n) is 3.33. The van der Waals surface area contributed by atoms with Crippen molar-refractivity contribution in [2.75, 3.05) is 5.32 Å². The van der Waals surface area contributed by atoms with Crippen molar-refractivity contribution in [1.29, 1.82) is 0 Å². The molecule has 0 atom stereocenters. The fourth-order valence-electron chi connectivity index (χ4n) is 1.32. The number of hydrogen-bond donors (Lipinski definition) is 2. The minimum Gasteiger partial charge on any atom is -0.459 e.